The summed E-state index contributed by atoms with van der Waals surface area (Å²) in [6, 6.07) is 6.87. The van der Waals surface area contributed by atoms with Gasteiger partial charge in [0.2, 0.25) is 0 Å². The number of alkyl halides is 1. The Labute approximate surface area is 194 Å². The molecule has 33 heavy (non-hydrogen) atoms. The number of amides is 2. The minimum Gasteiger partial charge on any atom is -0.489 e. The van der Waals surface area contributed by atoms with Gasteiger partial charge in [-0.05, 0) is 49.1 Å². The number of rotatable bonds is 12. The van der Waals surface area contributed by atoms with Gasteiger partial charge in [-0.1, -0.05) is 5.21 Å². The summed E-state index contributed by atoms with van der Waals surface area (Å²) >= 11 is 1.57. The lowest BCUT2D eigenvalue weighted by Gasteiger charge is -2.13. The van der Waals surface area contributed by atoms with Gasteiger partial charge in [-0.2, -0.15) is 0 Å². The van der Waals surface area contributed by atoms with Crippen molar-refractivity contribution in [3.8, 4) is 11.4 Å². The van der Waals surface area contributed by atoms with Crippen molar-refractivity contribution in [1.29, 1.82) is 0 Å². The van der Waals surface area contributed by atoms with Crippen molar-refractivity contribution in [1.82, 2.24) is 25.6 Å². The molecule has 0 atom stereocenters. The van der Waals surface area contributed by atoms with Crippen LogP contribution in [0.1, 0.15) is 38.2 Å². The average Bonchev–Trinajstić information content (AvgIpc) is 3.46. The Morgan fingerprint density at radius 1 is 1.15 bits per heavy atom. The molecule has 1 aromatic carbocycles. The number of hydrogen-bond donors (Lipinski definition) is 2. The van der Waals surface area contributed by atoms with Crippen molar-refractivity contribution in [2.45, 2.75) is 20.4 Å². The Bertz CT molecular complexity index is 1080. The number of benzene rings is 1. The zero-order valence-electron chi connectivity index (χ0n) is 18.5. The summed E-state index contributed by atoms with van der Waals surface area (Å²) in [6.45, 7) is 4.45. The second-order valence-corrected chi connectivity index (χ2v) is 7.95. The number of nitrogens with zero attached hydrogens (tertiary/aromatic N) is 3. The van der Waals surface area contributed by atoms with Crippen molar-refractivity contribution >= 4 is 23.2 Å². The molecule has 0 unspecified atom stereocenters. The van der Waals surface area contributed by atoms with Crippen LogP contribution in [-0.4, -0.2) is 59.8 Å². The van der Waals surface area contributed by atoms with Crippen molar-refractivity contribution in [3.63, 3.8) is 0 Å². The van der Waals surface area contributed by atoms with E-state index in [1.165, 1.54) is 10.9 Å². The first kappa shape index (κ1) is 24.3. The van der Waals surface area contributed by atoms with Gasteiger partial charge in [-0.3, -0.25) is 9.59 Å². The molecule has 0 aliphatic carbocycles. The van der Waals surface area contributed by atoms with Crippen molar-refractivity contribution in [3.05, 3.63) is 57.5 Å². The number of carbonyl (C=O) groups is 2. The third-order valence-corrected chi connectivity index (χ3v) is 5.64. The fraction of sp³-hybridized carbons (Fsp3) is 0.364. The molecule has 2 N–H and O–H groups in total. The summed E-state index contributed by atoms with van der Waals surface area (Å²) in [5.41, 5.74) is 2.17. The summed E-state index contributed by atoms with van der Waals surface area (Å²) < 4.78 is 24.5. The molecule has 2 heterocycles. The zero-order chi connectivity index (χ0) is 23.6. The van der Waals surface area contributed by atoms with Crippen molar-refractivity contribution in [2.24, 2.45) is 0 Å². The Morgan fingerprint density at radius 2 is 2.00 bits per heavy atom. The molecule has 9 nitrogen and oxygen atoms in total. The van der Waals surface area contributed by atoms with Crippen LogP contribution in [0.2, 0.25) is 0 Å². The molecule has 2 amide bonds. The fourth-order valence-electron chi connectivity index (χ4n) is 2.91. The van der Waals surface area contributed by atoms with Gasteiger partial charge in [0.05, 0.1) is 26.0 Å². The minimum atomic E-state index is -0.576. The number of nitrogens with one attached hydrogen (secondary N) is 2. The predicted molar refractivity (Wildman–Crippen MR) is 122 cm³/mol. The van der Waals surface area contributed by atoms with Gasteiger partial charge >= 0.3 is 0 Å². The van der Waals surface area contributed by atoms with Crippen LogP contribution < -0.4 is 15.4 Å². The van der Waals surface area contributed by atoms with Crippen LogP contribution in [-0.2, 0) is 11.3 Å². The van der Waals surface area contributed by atoms with Gasteiger partial charge in [0.15, 0.2) is 5.69 Å². The molecule has 0 bridgehead atoms. The number of ether oxygens (including phenoxy) is 2. The quantitative estimate of drug-likeness (QED) is 0.390. The Kier molecular flexibility index (Phi) is 8.90. The highest BCUT2D eigenvalue weighted by Crippen LogP contribution is 2.24. The molecule has 0 saturated carbocycles. The van der Waals surface area contributed by atoms with E-state index in [1.807, 2.05) is 25.3 Å². The summed E-state index contributed by atoms with van der Waals surface area (Å²) in [7, 11) is 0. The molecular weight excluding hydrogens is 449 g/mol. The molecule has 3 rings (SSSR count). The predicted octanol–water partition coefficient (Wildman–Crippen LogP) is 2.68. The van der Waals surface area contributed by atoms with E-state index in [2.05, 4.69) is 20.9 Å². The standard InChI is InChI=1S/C22H26FN5O4S/c1-3-24-21(29)16-4-5-18(19(12-16)32-10-9-31-8-7-23)28-14-17(26-27-28)22(30)25-13-20-15(2)6-11-33-20/h4-6,11-12,14H,3,7-10,13H2,1-2H3,(H,24,29)(H,25,30). The van der Waals surface area contributed by atoms with Gasteiger partial charge in [0.25, 0.3) is 11.8 Å². The maximum absolute atomic E-state index is 12.5. The minimum absolute atomic E-state index is 0.0122. The second kappa shape index (κ2) is 12.1. The van der Waals surface area contributed by atoms with Crippen molar-refractivity contribution in [2.75, 3.05) is 33.0 Å². The van der Waals surface area contributed by atoms with Gasteiger partial charge in [0.1, 0.15) is 24.7 Å². The Hall–Kier alpha value is -3.31. The second-order valence-electron chi connectivity index (χ2n) is 6.95. The molecule has 0 aliphatic heterocycles. The van der Waals surface area contributed by atoms with E-state index in [0.717, 1.165) is 10.4 Å². The topological polar surface area (TPSA) is 107 Å². The van der Waals surface area contributed by atoms with Crippen LogP contribution in [0.5, 0.6) is 5.75 Å². The fourth-order valence-corrected chi connectivity index (χ4v) is 3.76. The van der Waals surface area contributed by atoms with Crippen LogP contribution >= 0.6 is 11.3 Å². The number of aryl methyl sites for hydroxylation is 1. The normalized spacial score (nSPS) is 10.8. The molecule has 0 aliphatic rings. The van der Waals surface area contributed by atoms with E-state index < -0.39 is 6.67 Å². The van der Waals surface area contributed by atoms with Crippen LogP contribution in [0.15, 0.2) is 35.8 Å². The van der Waals surface area contributed by atoms with Crippen LogP contribution in [0, 0.1) is 6.92 Å². The molecular formula is C22H26FN5O4S. The van der Waals surface area contributed by atoms with Gasteiger partial charge in [0, 0.05) is 17.0 Å². The van der Waals surface area contributed by atoms with Gasteiger partial charge < -0.3 is 20.1 Å². The summed E-state index contributed by atoms with van der Waals surface area (Å²) in [4.78, 5) is 25.8. The van der Waals surface area contributed by atoms with Gasteiger partial charge in [-0.15, -0.1) is 16.4 Å². The number of hydrogen-bond acceptors (Lipinski definition) is 7. The molecule has 11 heteroatoms. The average molecular weight is 476 g/mol. The molecule has 3 aromatic rings. The maximum atomic E-state index is 12.5. The van der Waals surface area contributed by atoms with Gasteiger partial charge in [-0.25, -0.2) is 9.07 Å². The lowest BCUT2D eigenvalue weighted by atomic mass is 10.1. The van der Waals surface area contributed by atoms with E-state index >= 15 is 0 Å². The van der Waals surface area contributed by atoms with Crippen LogP contribution in [0.3, 0.4) is 0 Å². The molecule has 0 saturated heterocycles. The summed E-state index contributed by atoms with van der Waals surface area (Å²) in [5, 5.41) is 15.6. The van der Waals surface area contributed by atoms with Crippen LogP contribution in [0.4, 0.5) is 4.39 Å². The highest BCUT2D eigenvalue weighted by Gasteiger charge is 2.16. The smallest absolute Gasteiger partial charge is 0.273 e. The van der Waals surface area contributed by atoms with Crippen LogP contribution in [0.25, 0.3) is 5.69 Å². The summed E-state index contributed by atoms with van der Waals surface area (Å²) in [6.07, 6.45) is 1.49. The van der Waals surface area contributed by atoms with E-state index in [9.17, 15) is 14.0 Å². The SMILES string of the molecule is CCNC(=O)c1ccc(-n2cc(C(=O)NCc3sccc3C)nn2)c(OCCOCCF)c1. The molecule has 0 spiro atoms. The van der Waals surface area contributed by atoms with Crippen molar-refractivity contribution < 1.29 is 23.5 Å². The highest BCUT2D eigenvalue weighted by atomic mass is 32.1. The largest absolute Gasteiger partial charge is 0.489 e. The third kappa shape index (κ3) is 6.59. The molecule has 2 aromatic heterocycles. The zero-order valence-corrected chi connectivity index (χ0v) is 19.3. The first-order chi connectivity index (χ1) is 16.0. The van der Waals surface area contributed by atoms with E-state index in [4.69, 9.17) is 9.47 Å². The number of carbonyl (C=O) groups excluding carboxylic acids is 2. The highest BCUT2D eigenvalue weighted by molar-refractivity contribution is 7.10. The number of halogens is 1. The Morgan fingerprint density at radius 3 is 2.73 bits per heavy atom. The lowest BCUT2D eigenvalue weighted by Crippen LogP contribution is -2.23. The first-order valence-electron chi connectivity index (χ1n) is 10.5. The molecule has 0 radical (unpaired) electrons. The Balaban J connectivity index is 1.75. The first-order valence-corrected chi connectivity index (χ1v) is 11.3. The molecule has 0 fully saturated rings. The monoisotopic (exact) mass is 475 g/mol. The van der Waals surface area contributed by atoms with E-state index in [1.54, 1.807) is 29.5 Å². The third-order valence-electron chi connectivity index (χ3n) is 4.62. The summed E-state index contributed by atoms with van der Waals surface area (Å²) in [5.74, 6) is -0.242. The van der Waals surface area contributed by atoms with E-state index in [-0.39, 0.29) is 37.3 Å². The maximum Gasteiger partial charge on any atom is 0.273 e. The molecule has 176 valence electrons. The lowest BCUT2D eigenvalue weighted by molar-refractivity contribution is 0.0894. The number of thiophene rings is 1. The van der Waals surface area contributed by atoms with E-state index in [0.29, 0.717) is 30.1 Å². The number of aromatic nitrogens is 3.